The first-order valence-corrected chi connectivity index (χ1v) is 9.22. The summed E-state index contributed by atoms with van der Waals surface area (Å²) in [5.41, 5.74) is 0.295. The number of carbonyl (C=O) groups excluding carboxylic acids is 2. The van der Waals surface area contributed by atoms with Crippen LogP contribution in [0.1, 0.15) is 42.5 Å². The molecule has 1 aliphatic heterocycles. The van der Waals surface area contributed by atoms with Gasteiger partial charge in [-0.3, -0.25) is 4.79 Å². The summed E-state index contributed by atoms with van der Waals surface area (Å²) in [7, 11) is 0. The fourth-order valence-corrected chi connectivity index (χ4v) is 3.71. The molecule has 5 nitrogen and oxygen atoms in total. The molecule has 25 heavy (non-hydrogen) atoms. The van der Waals surface area contributed by atoms with E-state index < -0.39 is 5.82 Å². The molecule has 0 aromatic heterocycles. The van der Waals surface area contributed by atoms with Crippen molar-refractivity contribution in [2.45, 2.75) is 38.1 Å². The highest BCUT2D eigenvalue weighted by atomic mass is 35.5. The van der Waals surface area contributed by atoms with Crippen molar-refractivity contribution >= 4 is 23.5 Å². The highest BCUT2D eigenvalue weighted by Crippen LogP contribution is 2.20. The second-order valence-corrected chi connectivity index (χ2v) is 7.10. The Labute approximate surface area is 152 Å². The van der Waals surface area contributed by atoms with Gasteiger partial charge in [0.15, 0.2) is 0 Å². The predicted octanol–water partition coefficient (Wildman–Crippen LogP) is 3.28. The van der Waals surface area contributed by atoms with E-state index in [1.54, 1.807) is 9.80 Å². The quantitative estimate of drug-likeness (QED) is 0.872. The lowest BCUT2D eigenvalue weighted by Gasteiger charge is -2.36. The molecule has 3 rings (SSSR count). The first-order valence-electron chi connectivity index (χ1n) is 8.84. The van der Waals surface area contributed by atoms with E-state index in [0.29, 0.717) is 31.7 Å². The third-order valence-corrected chi connectivity index (χ3v) is 5.26. The maximum atomic E-state index is 13.1. The van der Waals surface area contributed by atoms with Crippen LogP contribution in [-0.2, 0) is 0 Å². The van der Waals surface area contributed by atoms with E-state index in [4.69, 9.17) is 11.6 Å². The summed E-state index contributed by atoms with van der Waals surface area (Å²) in [5.74, 6) is -0.692. The lowest BCUT2D eigenvalue weighted by Crippen LogP contribution is -2.54. The first kappa shape index (κ1) is 18.0. The molecule has 1 N–H and O–H groups in total. The lowest BCUT2D eigenvalue weighted by molar-refractivity contribution is 0.0662. The molecule has 2 aliphatic rings. The molecule has 1 saturated heterocycles. The van der Waals surface area contributed by atoms with Gasteiger partial charge in [0, 0.05) is 32.2 Å². The zero-order chi connectivity index (χ0) is 17.8. The Bertz CT molecular complexity index is 641. The van der Waals surface area contributed by atoms with Crippen LogP contribution in [0.2, 0.25) is 5.02 Å². The monoisotopic (exact) mass is 367 g/mol. The molecule has 1 aromatic rings. The van der Waals surface area contributed by atoms with Crippen molar-refractivity contribution in [1.29, 1.82) is 0 Å². The number of nitrogens with one attached hydrogen (secondary N) is 1. The molecule has 0 bridgehead atoms. The van der Waals surface area contributed by atoms with Crippen molar-refractivity contribution in [2.75, 3.05) is 26.2 Å². The predicted molar refractivity (Wildman–Crippen MR) is 94.3 cm³/mol. The smallest absolute Gasteiger partial charge is 0.317 e. The Balaban J connectivity index is 1.52. The van der Waals surface area contributed by atoms with Gasteiger partial charge in [-0.2, -0.15) is 0 Å². The van der Waals surface area contributed by atoms with Gasteiger partial charge in [-0.05, 0) is 31.0 Å². The Kier molecular flexibility index (Phi) is 5.78. The number of rotatable bonds is 2. The molecule has 3 amide bonds. The van der Waals surface area contributed by atoms with Gasteiger partial charge >= 0.3 is 6.03 Å². The fraction of sp³-hybridized carbons (Fsp3) is 0.556. The molecule has 7 heteroatoms. The molecule has 1 heterocycles. The van der Waals surface area contributed by atoms with Crippen LogP contribution >= 0.6 is 11.6 Å². The van der Waals surface area contributed by atoms with Gasteiger partial charge in [-0.15, -0.1) is 0 Å². The minimum Gasteiger partial charge on any atom is -0.335 e. The van der Waals surface area contributed by atoms with Crippen LogP contribution in [0, 0.1) is 5.82 Å². The second-order valence-electron chi connectivity index (χ2n) is 6.69. The largest absolute Gasteiger partial charge is 0.335 e. The molecule has 136 valence electrons. The molecule has 0 radical (unpaired) electrons. The molecule has 2 fully saturated rings. The van der Waals surface area contributed by atoms with Crippen LogP contribution in [0.4, 0.5) is 9.18 Å². The number of piperazine rings is 1. The van der Waals surface area contributed by atoms with Crippen LogP contribution in [0.25, 0.3) is 0 Å². The third-order valence-electron chi connectivity index (χ3n) is 4.95. The van der Waals surface area contributed by atoms with E-state index in [2.05, 4.69) is 5.32 Å². The molecular weight excluding hydrogens is 345 g/mol. The van der Waals surface area contributed by atoms with Gasteiger partial charge in [0.05, 0.1) is 10.6 Å². The number of hydrogen-bond donors (Lipinski definition) is 1. The normalized spacial score (nSPS) is 19.0. The second kappa shape index (κ2) is 8.04. The van der Waals surface area contributed by atoms with E-state index in [-0.39, 0.29) is 23.0 Å². The number of hydrogen-bond acceptors (Lipinski definition) is 2. The number of amides is 3. The van der Waals surface area contributed by atoms with Crippen molar-refractivity contribution in [2.24, 2.45) is 0 Å². The molecular formula is C18H23ClFN3O2. The van der Waals surface area contributed by atoms with Gasteiger partial charge in [0.1, 0.15) is 5.82 Å². The number of urea groups is 1. The Morgan fingerprint density at radius 3 is 2.32 bits per heavy atom. The number of carbonyl (C=O) groups is 2. The minimum absolute atomic E-state index is 0.0428. The zero-order valence-corrected chi connectivity index (χ0v) is 14.9. The van der Waals surface area contributed by atoms with Crippen molar-refractivity contribution in [1.82, 2.24) is 15.1 Å². The summed E-state index contributed by atoms with van der Waals surface area (Å²) < 4.78 is 13.1. The van der Waals surface area contributed by atoms with Crippen LogP contribution in [0.3, 0.4) is 0 Å². The van der Waals surface area contributed by atoms with E-state index in [1.807, 2.05) is 0 Å². The van der Waals surface area contributed by atoms with E-state index in [0.717, 1.165) is 18.9 Å². The van der Waals surface area contributed by atoms with E-state index in [9.17, 15) is 14.0 Å². The maximum absolute atomic E-state index is 13.1. The maximum Gasteiger partial charge on any atom is 0.317 e. The topological polar surface area (TPSA) is 52.7 Å². The molecule has 0 unspecified atom stereocenters. The standard InChI is InChI=1S/C18H23ClFN3O2/c19-16-12-13(20)6-7-15(16)17(24)22-8-10-23(11-9-22)18(25)21-14-4-2-1-3-5-14/h6-7,12,14H,1-5,8-11H2,(H,21,25). The Hall–Kier alpha value is -1.82. The van der Waals surface area contributed by atoms with Crippen LogP contribution in [-0.4, -0.2) is 54.0 Å². The van der Waals surface area contributed by atoms with Crippen LogP contribution in [0.15, 0.2) is 18.2 Å². The van der Waals surface area contributed by atoms with Gasteiger partial charge < -0.3 is 15.1 Å². The summed E-state index contributed by atoms with van der Waals surface area (Å²) in [5, 5.41) is 3.21. The molecule has 1 aromatic carbocycles. The molecule has 0 spiro atoms. The Morgan fingerprint density at radius 1 is 1.04 bits per heavy atom. The first-order chi connectivity index (χ1) is 12.0. The van der Waals surface area contributed by atoms with Crippen molar-refractivity contribution in [3.63, 3.8) is 0 Å². The highest BCUT2D eigenvalue weighted by molar-refractivity contribution is 6.33. The van der Waals surface area contributed by atoms with Gasteiger partial charge in [-0.25, -0.2) is 9.18 Å². The number of benzene rings is 1. The minimum atomic E-state index is -0.467. The summed E-state index contributed by atoms with van der Waals surface area (Å²) in [4.78, 5) is 28.3. The van der Waals surface area contributed by atoms with Crippen molar-refractivity contribution in [3.8, 4) is 0 Å². The van der Waals surface area contributed by atoms with Crippen molar-refractivity contribution < 1.29 is 14.0 Å². The SMILES string of the molecule is O=C(NC1CCCCC1)N1CCN(C(=O)c2ccc(F)cc2Cl)CC1. The van der Waals surface area contributed by atoms with E-state index in [1.165, 1.54) is 31.4 Å². The highest BCUT2D eigenvalue weighted by Gasteiger charge is 2.27. The third kappa shape index (κ3) is 4.42. The van der Waals surface area contributed by atoms with Gasteiger partial charge in [-0.1, -0.05) is 30.9 Å². The number of halogens is 2. The summed E-state index contributed by atoms with van der Waals surface area (Å²) in [6.07, 6.45) is 5.69. The van der Waals surface area contributed by atoms with Gasteiger partial charge in [0.2, 0.25) is 0 Å². The molecule has 1 saturated carbocycles. The van der Waals surface area contributed by atoms with Crippen LogP contribution in [0.5, 0.6) is 0 Å². The summed E-state index contributed by atoms with van der Waals surface area (Å²) >= 11 is 5.97. The fourth-order valence-electron chi connectivity index (χ4n) is 3.46. The average Bonchev–Trinajstić information content (AvgIpc) is 2.62. The van der Waals surface area contributed by atoms with Crippen molar-refractivity contribution in [3.05, 3.63) is 34.6 Å². The van der Waals surface area contributed by atoms with E-state index >= 15 is 0 Å². The molecule has 0 atom stereocenters. The summed E-state index contributed by atoms with van der Waals surface area (Å²) in [6, 6.07) is 4.01. The molecule has 1 aliphatic carbocycles. The van der Waals surface area contributed by atoms with Crippen LogP contribution < -0.4 is 5.32 Å². The zero-order valence-electron chi connectivity index (χ0n) is 14.1. The van der Waals surface area contributed by atoms with Gasteiger partial charge in [0.25, 0.3) is 5.91 Å². The Morgan fingerprint density at radius 2 is 1.68 bits per heavy atom. The average molecular weight is 368 g/mol. The number of nitrogens with zero attached hydrogens (tertiary/aromatic N) is 2. The summed E-state index contributed by atoms with van der Waals surface area (Å²) in [6.45, 7) is 1.88. The lowest BCUT2D eigenvalue weighted by atomic mass is 9.96.